The highest BCUT2D eigenvalue weighted by Gasteiger charge is 2.12. The summed E-state index contributed by atoms with van der Waals surface area (Å²) in [6, 6.07) is 144. The van der Waals surface area contributed by atoms with Gasteiger partial charge in [0.25, 0.3) is 0 Å². The van der Waals surface area contributed by atoms with Crippen molar-refractivity contribution >= 4 is 121 Å². The summed E-state index contributed by atoms with van der Waals surface area (Å²) in [5.74, 6) is 1.71. The second-order valence-electron chi connectivity index (χ2n) is 29.7. The van der Waals surface area contributed by atoms with E-state index in [1.54, 1.807) is 0 Å². The number of benzene rings is 16. The summed E-state index contributed by atoms with van der Waals surface area (Å²) in [6.07, 6.45) is 7.13. The number of aromatic nitrogens is 4. The molecule has 118 heavy (non-hydrogen) atoms. The summed E-state index contributed by atoms with van der Waals surface area (Å²) < 4.78 is 34.9. The Morgan fingerprint density at radius 3 is 0.619 bits per heavy atom. The maximum Gasteiger partial charge on any atom is 0.119 e. The third-order valence-electron chi connectivity index (χ3n) is 21.7. The van der Waals surface area contributed by atoms with E-state index in [2.05, 4.69) is 383 Å². The number of para-hydroxylation sites is 4. The maximum atomic E-state index is 6.61. The van der Waals surface area contributed by atoms with E-state index in [4.69, 9.17) is 18.9 Å². The van der Waals surface area contributed by atoms with Crippen LogP contribution in [0.15, 0.2) is 414 Å². The molecule has 0 atom stereocenters. The first-order valence-electron chi connectivity index (χ1n) is 40.7. The molecular formula is C110H92N4O4. The average Bonchev–Trinajstić information content (AvgIpc) is 0.781. The minimum Gasteiger partial charge on any atom is -0.494 e. The third kappa shape index (κ3) is 18.3. The smallest absolute Gasteiger partial charge is 0.119 e. The normalized spacial score (nSPS) is 11.2. The lowest BCUT2D eigenvalue weighted by atomic mass is 10.1. The number of hydrogen-bond acceptors (Lipinski definition) is 4. The minimum atomic E-state index is 0.418. The van der Waals surface area contributed by atoms with Gasteiger partial charge < -0.3 is 37.2 Å². The second-order valence-corrected chi connectivity index (χ2v) is 29.7. The molecule has 0 aliphatic rings. The zero-order valence-electron chi connectivity index (χ0n) is 66.2. The highest BCUT2D eigenvalue weighted by molar-refractivity contribution is 5.94. The van der Waals surface area contributed by atoms with Crippen molar-refractivity contribution in [1.29, 1.82) is 0 Å². The van der Waals surface area contributed by atoms with E-state index in [-0.39, 0.29) is 0 Å². The van der Waals surface area contributed by atoms with E-state index < -0.39 is 0 Å². The predicted octanol–water partition coefficient (Wildman–Crippen LogP) is 28.6. The lowest BCUT2D eigenvalue weighted by Crippen LogP contribution is -2.03. The fraction of sp³-hybridized carbons (Fsp3) is 0.0909. The number of unbranched alkanes of at least 4 members (excludes halogenated alkanes) is 2. The summed E-state index contributed by atoms with van der Waals surface area (Å²) >= 11 is 0. The largest absolute Gasteiger partial charge is 0.494 e. The van der Waals surface area contributed by atoms with Crippen molar-refractivity contribution in [2.45, 2.75) is 38.9 Å². The summed E-state index contributed by atoms with van der Waals surface area (Å²) in [4.78, 5) is 0. The van der Waals surface area contributed by atoms with Gasteiger partial charge in [0.15, 0.2) is 0 Å². The predicted molar refractivity (Wildman–Crippen MR) is 498 cm³/mol. The quantitative estimate of drug-likeness (QED) is 0.0635. The first-order chi connectivity index (χ1) is 58.4. The molecule has 0 amide bonds. The van der Waals surface area contributed by atoms with E-state index in [9.17, 15) is 0 Å². The van der Waals surface area contributed by atoms with E-state index >= 15 is 0 Å². The first-order valence-corrected chi connectivity index (χ1v) is 40.7. The SMILES string of the molecule is C=Cc1ccc(OCCCCOCc2cc3cc(c2)n(-c2ccccc2)c2ccc(cc2)c2ccc(cc2)c2ccc(cc2)c2ccc(cc2)n(-c2ccccc2)c2cc(COCCCCOc4ccc(C=C)cc4)cc(c2)n(-c2ccccc2)c2ccc(cc2)c2ccc(cc2)c2ccc(cc2)c2ccc(cc2)n3-c2ccccc2)cc1. The van der Waals surface area contributed by atoms with Gasteiger partial charge in [-0.2, -0.15) is 0 Å². The van der Waals surface area contributed by atoms with Gasteiger partial charge in [0, 0.05) is 80.1 Å². The van der Waals surface area contributed by atoms with Gasteiger partial charge in [0.1, 0.15) is 11.5 Å². The topological polar surface area (TPSA) is 56.6 Å². The molecule has 20 bridgehead atoms. The van der Waals surface area contributed by atoms with Gasteiger partial charge >= 0.3 is 0 Å². The van der Waals surface area contributed by atoms with E-state index in [1.807, 2.05) is 60.7 Å². The molecule has 8 heteroatoms. The van der Waals surface area contributed by atoms with Crippen LogP contribution in [0.2, 0.25) is 0 Å². The van der Waals surface area contributed by atoms with Crippen molar-refractivity contribution in [1.82, 2.24) is 18.3 Å². The van der Waals surface area contributed by atoms with Crippen molar-refractivity contribution in [3.8, 4) is 34.2 Å². The zero-order chi connectivity index (χ0) is 79.6. The number of nitrogens with zero attached hydrogens (tertiary/aromatic N) is 4. The molecule has 0 saturated carbocycles. The Morgan fingerprint density at radius 1 is 0.203 bits per heavy atom. The molecular weight excluding hydrogens is 1440 g/mol. The molecule has 0 spiro atoms. The molecule has 16 aromatic carbocycles. The maximum absolute atomic E-state index is 6.61. The molecule has 8 nitrogen and oxygen atoms in total. The standard InChI is InChI=1S/C110H92N4O4/c1-3-81-29-65-109(66-30-81)117-71-19-17-69-115-79-83-73-105-77-106(74-83)112(98-23-11-6-12-24-98)102-59-51-94(52-60-102)90-43-35-86(36-44-90)88-39-47-92(48-40-88)96-55-63-104(64-56-96)114(100-27-15-8-16-28-100)108-76-84(80-116-70-18-20-72-118-110-67-31-82(4-2)32-68-110)75-107(78-108)113(99-25-13-7-14-26-99)103-61-53-95(54-62-103)91-45-37-87(38-46-91)85-33-41-89(42-34-85)93-49-57-101(58-50-93)111(105)97-21-9-5-10-22-97/h3-16,21-68,73-78H,1-2,17-20,69-72,79-80H2. The molecule has 576 valence electrons. The fourth-order valence-corrected chi connectivity index (χ4v) is 15.5. The van der Waals surface area contributed by atoms with Gasteiger partial charge in [0.05, 0.1) is 26.4 Å². The van der Waals surface area contributed by atoms with Crippen molar-refractivity contribution in [2.24, 2.45) is 0 Å². The van der Waals surface area contributed by atoms with Crippen molar-refractivity contribution in [2.75, 3.05) is 26.4 Å². The number of rotatable bonds is 22. The van der Waals surface area contributed by atoms with Crippen LogP contribution in [0.5, 0.6) is 11.5 Å². The fourth-order valence-electron chi connectivity index (χ4n) is 15.5. The van der Waals surface area contributed by atoms with Gasteiger partial charge in [-0.25, -0.2) is 0 Å². The van der Waals surface area contributed by atoms with Crippen LogP contribution in [-0.2, 0) is 22.7 Å². The van der Waals surface area contributed by atoms with Crippen molar-refractivity contribution < 1.29 is 18.9 Å². The molecule has 29 rings (SSSR count). The lowest BCUT2D eigenvalue weighted by molar-refractivity contribution is 0.114. The van der Waals surface area contributed by atoms with Crippen LogP contribution < -0.4 is 9.47 Å². The van der Waals surface area contributed by atoms with Gasteiger partial charge in [-0.1, -0.05) is 268 Å². The van der Waals surface area contributed by atoms with E-state index in [0.717, 1.165) is 191 Å². The highest BCUT2D eigenvalue weighted by Crippen LogP contribution is 2.31. The van der Waals surface area contributed by atoms with Crippen molar-refractivity contribution in [3.05, 3.63) is 436 Å². The Morgan fingerprint density at radius 2 is 0.407 bits per heavy atom. The minimum absolute atomic E-state index is 0.418. The molecule has 0 aliphatic heterocycles. The average molecular weight is 1530 g/mol. The molecule has 0 radical (unpaired) electrons. The number of hydrogen-bond donors (Lipinski definition) is 0. The molecule has 0 fully saturated rings. The molecule has 0 aliphatic carbocycles. The Balaban J connectivity index is 0.793. The Kier molecular flexibility index (Phi) is 23.9. The van der Waals surface area contributed by atoms with Gasteiger partial charge in [-0.05, 0) is 270 Å². The first kappa shape index (κ1) is 76.4. The molecule has 0 N–H and O–H groups in total. The van der Waals surface area contributed by atoms with Crippen LogP contribution in [0.3, 0.4) is 0 Å². The zero-order valence-corrected chi connectivity index (χ0v) is 66.2. The monoisotopic (exact) mass is 1530 g/mol. The third-order valence-corrected chi connectivity index (χ3v) is 21.7. The van der Waals surface area contributed by atoms with Gasteiger partial charge in [-0.15, -0.1) is 0 Å². The van der Waals surface area contributed by atoms with Crippen LogP contribution in [0.1, 0.15) is 47.9 Å². The Hall–Kier alpha value is -14.3. The van der Waals surface area contributed by atoms with E-state index in [0.29, 0.717) is 39.6 Å². The van der Waals surface area contributed by atoms with Crippen LogP contribution in [0.25, 0.3) is 144 Å². The molecule has 13 aromatic heterocycles. The molecule has 0 saturated heterocycles. The molecule has 0 unspecified atom stereocenters. The van der Waals surface area contributed by atoms with Crippen LogP contribution in [-0.4, -0.2) is 44.7 Å². The van der Waals surface area contributed by atoms with Crippen LogP contribution >= 0.6 is 0 Å². The summed E-state index contributed by atoms with van der Waals surface area (Å²) in [5, 5.41) is 13.6. The summed E-state index contributed by atoms with van der Waals surface area (Å²) in [6.45, 7) is 11.0. The summed E-state index contributed by atoms with van der Waals surface area (Å²) in [5.41, 5.74) is 16.5. The lowest BCUT2D eigenvalue weighted by Gasteiger charge is -2.16. The Bertz CT molecular complexity index is 5980. The molecule has 13 heterocycles. The van der Waals surface area contributed by atoms with Gasteiger partial charge in [-0.3, -0.25) is 0 Å². The highest BCUT2D eigenvalue weighted by atomic mass is 16.5. The van der Waals surface area contributed by atoms with Crippen LogP contribution in [0.4, 0.5) is 0 Å². The van der Waals surface area contributed by atoms with Crippen molar-refractivity contribution in [3.63, 3.8) is 0 Å². The summed E-state index contributed by atoms with van der Waals surface area (Å²) in [7, 11) is 0. The van der Waals surface area contributed by atoms with Crippen LogP contribution in [0, 0.1) is 0 Å². The Labute approximate surface area is 689 Å². The van der Waals surface area contributed by atoms with Gasteiger partial charge in [0.2, 0.25) is 0 Å². The van der Waals surface area contributed by atoms with E-state index in [1.165, 1.54) is 0 Å². The second kappa shape index (κ2) is 36.9. The molecule has 29 aromatic rings. The number of ether oxygens (including phenoxy) is 4.